The maximum absolute atomic E-state index is 12.2. The van der Waals surface area contributed by atoms with E-state index >= 15 is 0 Å². The molecule has 1 N–H and O–H groups in total. The number of halogens is 3. The Morgan fingerprint density at radius 1 is 1.16 bits per heavy atom. The topological polar surface area (TPSA) is 69.2 Å². The third-order valence-electron chi connectivity index (χ3n) is 3.81. The van der Waals surface area contributed by atoms with Gasteiger partial charge in [0.15, 0.2) is 0 Å². The molecule has 0 saturated carbocycles. The molecule has 8 heteroatoms. The van der Waals surface area contributed by atoms with Crippen molar-refractivity contribution in [3.63, 3.8) is 0 Å². The number of hydrogen-bond donors (Lipinski definition) is 1. The van der Waals surface area contributed by atoms with Gasteiger partial charge in [0.25, 0.3) is 0 Å². The molecule has 0 aromatic heterocycles. The van der Waals surface area contributed by atoms with E-state index in [0.717, 1.165) is 41.2 Å². The van der Waals surface area contributed by atoms with Gasteiger partial charge < -0.3 is 15.2 Å². The number of anilines is 1. The van der Waals surface area contributed by atoms with E-state index in [2.05, 4.69) is 80.0 Å². The van der Waals surface area contributed by atoms with Crippen molar-refractivity contribution in [3.05, 3.63) is 22.3 Å². The Balaban J connectivity index is 0.00000576. The van der Waals surface area contributed by atoms with Crippen LogP contribution in [-0.4, -0.2) is 11.9 Å². The number of benzene rings is 1. The first kappa shape index (κ1) is 26.4. The van der Waals surface area contributed by atoms with Crippen molar-refractivity contribution >= 4 is 85.3 Å². The summed E-state index contributed by atoms with van der Waals surface area (Å²) in [5.74, 6) is -1.52. The number of amides is 1. The zero-order chi connectivity index (χ0) is 18.3. The molecule has 4 nitrogen and oxygen atoms in total. The standard InChI is InChI=1S/C17H22I3NO3.Na/c1-3-5-6-7-14(22)21-16-13(19)9-12(18)11(15(16)20)8-10(4-2)17(23)24;/h9-10H,3-8H2,1-2H3,(H,21,22)(H,23,24);/q;+1/p-1. The summed E-state index contributed by atoms with van der Waals surface area (Å²) in [5, 5.41) is 14.3. The summed E-state index contributed by atoms with van der Waals surface area (Å²) in [7, 11) is 0. The predicted octanol–water partition coefficient (Wildman–Crippen LogP) is 1.34. The van der Waals surface area contributed by atoms with Crippen LogP contribution in [0.5, 0.6) is 0 Å². The predicted molar refractivity (Wildman–Crippen MR) is 120 cm³/mol. The van der Waals surface area contributed by atoms with Gasteiger partial charge in [-0.05, 0) is 98.7 Å². The summed E-state index contributed by atoms with van der Waals surface area (Å²) in [4.78, 5) is 23.4. The Hall–Kier alpha value is 1.35. The number of nitrogens with one attached hydrogen (secondary N) is 1. The molecular weight excluding hydrogens is 670 g/mol. The minimum atomic E-state index is -1.02. The van der Waals surface area contributed by atoms with Crippen molar-refractivity contribution in [1.29, 1.82) is 0 Å². The number of rotatable bonds is 9. The number of carboxylic acids is 1. The van der Waals surface area contributed by atoms with Crippen LogP contribution in [0.25, 0.3) is 0 Å². The normalized spacial score (nSPS) is 11.6. The van der Waals surface area contributed by atoms with Crippen LogP contribution < -0.4 is 40.0 Å². The average Bonchev–Trinajstić information content (AvgIpc) is 2.51. The average molecular weight is 691 g/mol. The maximum atomic E-state index is 12.2. The van der Waals surface area contributed by atoms with Crippen LogP contribution in [0.1, 0.15) is 51.5 Å². The maximum Gasteiger partial charge on any atom is 1.00 e. The summed E-state index contributed by atoms with van der Waals surface area (Å²) in [6.07, 6.45) is 4.47. The molecule has 1 unspecified atom stereocenters. The van der Waals surface area contributed by atoms with Crippen molar-refractivity contribution in [2.45, 2.75) is 52.4 Å². The Labute approximate surface area is 212 Å². The van der Waals surface area contributed by atoms with Crippen molar-refractivity contribution in [1.82, 2.24) is 0 Å². The van der Waals surface area contributed by atoms with Gasteiger partial charge in [-0.2, -0.15) is 0 Å². The third kappa shape index (κ3) is 8.49. The molecule has 25 heavy (non-hydrogen) atoms. The monoisotopic (exact) mass is 691 g/mol. The first-order valence-electron chi connectivity index (χ1n) is 7.98. The summed E-state index contributed by atoms with van der Waals surface area (Å²) in [6.45, 7) is 3.96. The van der Waals surface area contributed by atoms with Crippen LogP contribution in [-0.2, 0) is 16.0 Å². The molecule has 1 aromatic carbocycles. The number of hydrogen-bond acceptors (Lipinski definition) is 3. The largest absolute Gasteiger partial charge is 1.00 e. The summed E-state index contributed by atoms with van der Waals surface area (Å²) >= 11 is 6.64. The van der Waals surface area contributed by atoms with Crippen LogP contribution in [0.4, 0.5) is 5.69 Å². The second-order valence-corrected chi connectivity index (χ2v) is 9.04. The first-order chi connectivity index (χ1) is 11.3. The molecule has 0 bridgehead atoms. The second-order valence-electron chi connectivity index (χ2n) is 5.64. The molecule has 1 amide bonds. The summed E-state index contributed by atoms with van der Waals surface area (Å²) < 4.78 is 2.91. The molecule has 0 fully saturated rings. The minimum absolute atomic E-state index is 0. The fourth-order valence-electron chi connectivity index (χ4n) is 2.31. The van der Waals surface area contributed by atoms with Crippen molar-refractivity contribution < 1.29 is 44.3 Å². The molecule has 0 heterocycles. The minimum Gasteiger partial charge on any atom is -0.550 e. The van der Waals surface area contributed by atoms with E-state index in [9.17, 15) is 14.7 Å². The molecular formula is C17H21I3NNaO3. The fourth-order valence-corrected chi connectivity index (χ4v) is 6.39. The van der Waals surface area contributed by atoms with Crippen molar-refractivity contribution in [2.24, 2.45) is 5.92 Å². The van der Waals surface area contributed by atoms with E-state index in [1.807, 2.05) is 13.0 Å². The molecule has 1 aromatic rings. The fraction of sp³-hybridized carbons (Fsp3) is 0.529. The number of carbonyl (C=O) groups is 2. The molecule has 0 aliphatic rings. The van der Waals surface area contributed by atoms with E-state index in [4.69, 9.17) is 0 Å². The van der Waals surface area contributed by atoms with Gasteiger partial charge in [-0.25, -0.2) is 0 Å². The van der Waals surface area contributed by atoms with E-state index in [0.29, 0.717) is 19.3 Å². The molecule has 134 valence electrons. The molecule has 0 spiro atoms. The molecule has 1 rings (SSSR count). The van der Waals surface area contributed by atoms with Crippen LogP contribution in [0.2, 0.25) is 0 Å². The van der Waals surface area contributed by atoms with Crippen molar-refractivity contribution in [3.8, 4) is 0 Å². The van der Waals surface area contributed by atoms with E-state index in [-0.39, 0.29) is 35.5 Å². The van der Waals surface area contributed by atoms with Gasteiger partial charge in [-0.1, -0.05) is 26.7 Å². The van der Waals surface area contributed by atoms with Gasteiger partial charge in [0.2, 0.25) is 5.91 Å². The Kier molecular flexibility index (Phi) is 14.2. The van der Waals surface area contributed by atoms with Gasteiger partial charge in [-0.3, -0.25) is 4.79 Å². The SMILES string of the molecule is CCCCCC(=O)Nc1c(I)cc(I)c(CC(CC)C(=O)[O-])c1I.[Na+]. The van der Waals surface area contributed by atoms with Crippen LogP contribution in [0.3, 0.4) is 0 Å². The van der Waals surface area contributed by atoms with Crippen LogP contribution >= 0.6 is 67.8 Å². The molecule has 0 aliphatic heterocycles. The van der Waals surface area contributed by atoms with Crippen LogP contribution in [0, 0.1) is 16.6 Å². The number of carboxylic acid groups (broad SMARTS) is 1. The molecule has 0 saturated heterocycles. The van der Waals surface area contributed by atoms with Gasteiger partial charge in [0.1, 0.15) is 0 Å². The van der Waals surface area contributed by atoms with Crippen molar-refractivity contribution in [2.75, 3.05) is 5.32 Å². The zero-order valence-corrected chi connectivity index (χ0v) is 23.2. The summed E-state index contributed by atoms with van der Waals surface area (Å²) in [6, 6.07) is 1.99. The third-order valence-corrected chi connectivity index (χ3v) is 6.82. The molecule has 0 aliphatic carbocycles. The Bertz CT molecular complexity index is 611. The van der Waals surface area contributed by atoms with E-state index in [1.54, 1.807) is 0 Å². The first-order valence-corrected chi connectivity index (χ1v) is 11.2. The van der Waals surface area contributed by atoms with Gasteiger partial charge in [0, 0.05) is 29.0 Å². The number of unbranched alkanes of at least 4 members (excludes halogenated alkanes) is 2. The van der Waals surface area contributed by atoms with Gasteiger partial charge >= 0.3 is 29.6 Å². The van der Waals surface area contributed by atoms with Crippen LogP contribution in [0.15, 0.2) is 6.07 Å². The molecule has 0 radical (unpaired) electrons. The quantitative estimate of drug-likeness (QED) is 0.242. The van der Waals surface area contributed by atoms with E-state index in [1.165, 1.54) is 0 Å². The number of aliphatic carboxylic acids is 1. The Morgan fingerprint density at radius 3 is 2.32 bits per heavy atom. The van der Waals surface area contributed by atoms with Gasteiger partial charge in [-0.15, -0.1) is 0 Å². The molecule has 1 atom stereocenters. The van der Waals surface area contributed by atoms with Gasteiger partial charge in [0.05, 0.1) is 5.69 Å². The second kappa shape index (κ2) is 13.5. The smallest absolute Gasteiger partial charge is 0.550 e. The van der Waals surface area contributed by atoms with E-state index < -0.39 is 11.9 Å². The zero-order valence-electron chi connectivity index (χ0n) is 14.8. The summed E-state index contributed by atoms with van der Waals surface area (Å²) in [5.41, 5.74) is 1.76. The number of carbonyl (C=O) groups excluding carboxylic acids is 2. The Morgan fingerprint density at radius 2 is 1.80 bits per heavy atom.